The van der Waals surface area contributed by atoms with E-state index in [0.29, 0.717) is 5.92 Å². The van der Waals surface area contributed by atoms with Crippen LogP contribution in [-0.2, 0) is 13.0 Å². The van der Waals surface area contributed by atoms with Gasteiger partial charge in [0.2, 0.25) is 0 Å². The van der Waals surface area contributed by atoms with E-state index in [-0.39, 0.29) is 5.54 Å². The van der Waals surface area contributed by atoms with Gasteiger partial charge in [-0.1, -0.05) is 25.5 Å². The molecular weight excluding hydrogens is 248 g/mol. The summed E-state index contributed by atoms with van der Waals surface area (Å²) in [7, 11) is 0. The summed E-state index contributed by atoms with van der Waals surface area (Å²) in [5, 5.41) is 7.80. The zero-order valence-corrected chi connectivity index (χ0v) is 13.9. The molecule has 0 bridgehead atoms. The van der Waals surface area contributed by atoms with Gasteiger partial charge in [0.1, 0.15) is 12.2 Å². The number of allylic oxidation sites excluding steroid dienone is 1. The summed E-state index contributed by atoms with van der Waals surface area (Å²) in [4.78, 5) is 4.37. The Bertz CT molecular complexity index is 424. The van der Waals surface area contributed by atoms with Crippen molar-refractivity contribution in [3.8, 4) is 0 Å². The molecule has 0 aromatic carbocycles. The van der Waals surface area contributed by atoms with Gasteiger partial charge in [0.15, 0.2) is 0 Å². The molecule has 0 aliphatic carbocycles. The molecule has 0 radical (unpaired) electrons. The lowest BCUT2D eigenvalue weighted by Crippen LogP contribution is -2.36. The molecule has 20 heavy (non-hydrogen) atoms. The van der Waals surface area contributed by atoms with Gasteiger partial charge in [-0.2, -0.15) is 5.10 Å². The van der Waals surface area contributed by atoms with Crippen molar-refractivity contribution in [2.24, 2.45) is 5.92 Å². The third-order valence-corrected chi connectivity index (χ3v) is 2.96. The highest BCUT2D eigenvalue weighted by Gasteiger charge is 2.08. The summed E-state index contributed by atoms with van der Waals surface area (Å²) < 4.78 is 2.02. The molecule has 114 valence electrons. The van der Waals surface area contributed by atoms with Crippen LogP contribution in [0.4, 0.5) is 0 Å². The molecule has 0 spiro atoms. The SMILES string of the molecule is CC(=CCCNC(C)(C)C)Cc1ncnn1CC(C)C. The van der Waals surface area contributed by atoms with Crippen molar-refractivity contribution in [1.82, 2.24) is 20.1 Å². The van der Waals surface area contributed by atoms with Crippen LogP contribution in [0.3, 0.4) is 0 Å². The maximum absolute atomic E-state index is 4.37. The minimum absolute atomic E-state index is 0.194. The zero-order chi connectivity index (χ0) is 15.2. The molecule has 0 fully saturated rings. The molecule has 1 aromatic heterocycles. The van der Waals surface area contributed by atoms with Gasteiger partial charge in [0.25, 0.3) is 0 Å². The van der Waals surface area contributed by atoms with Crippen molar-refractivity contribution >= 4 is 0 Å². The summed E-state index contributed by atoms with van der Waals surface area (Å²) in [6.07, 6.45) is 5.91. The van der Waals surface area contributed by atoms with Crippen LogP contribution < -0.4 is 5.32 Å². The van der Waals surface area contributed by atoms with E-state index in [1.807, 2.05) is 4.68 Å². The molecule has 1 aromatic rings. The van der Waals surface area contributed by atoms with Crippen molar-refractivity contribution < 1.29 is 0 Å². The van der Waals surface area contributed by atoms with E-state index >= 15 is 0 Å². The number of nitrogens with zero attached hydrogens (tertiary/aromatic N) is 3. The lowest BCUT2D eigenvalue weighted by atomic mass is 10.1. The Hall–Kier alpha value is -1.16. The zero-order valence-electron chi connectivity index (χ0n) is 13.9. The summed E-state index contributed by atoms with van der Waals surface area (Å²) in [5.74, 6) is 1.66. The lowest BCUT2D eigenvalue weighted by Gasteiger charge is -2.19. The number of aromatic nitrogens is 3. The van der Waals surface area contributed by atoms with Crippen molar-refractivity contribution in [3.63, 3.8) is 0 Å². The van der Waals surface area contributed by atoms with E-state index in [1.54, 1.807) is 6.33 Å². The summed E-state index contributed by atoms with van der Waals surface area (Å²) >= 11 is 0. The van der Waals surface area contributed by atoms with Crippen LogP contribution in [0.5, 0.6) is 0 Å². The minimum atomic E-state index is 0.194. The van der Waals surface area contributed by atoms with Gasteiger partial charge < -0.3 is 5.32 Å². The second kappa shape index (κ2) is 7.58. The number of hydrogen-bond donors (Lipinski definition) is 1. The van der Waals surface area contributed by atoms with E-state index in [9.17, 15) is 0 Å². The Morgan fingerprint density at radius 2 is 2.10 bits per heavy atom. The summed E-state index contributed by atoms with van der Waals surface area (Å²) in [6.45, 7) is 15.1. The molecule has 1 heterocycles. The normalized spacial score (nSPS) is 13.2. The molecule has 0 saturated carbocycles. The molecule has 0 unspecified atom stereocenters. The number of nitrogens with one attached hydrogen (secondary N) is 1. The minimum Gasteiger partial charge on any atom is -0.312 e. The van der Waals surface area contributed by atoms with Gasteiger partial charge in [-0.25, -0.2) is 9.67 Å². The third-order valence-electron chi connectivity index (χ3n) is 2.96. The predicted molar refractivity (Wildman–Crippen MR) is 84.7 cm³/mol. The van der Waals surface area contributed by atoms with Gasteiger partial charge >= 0.3 is 0 Å². The van der Waals surface area contributed by atoms with E-state index in [4.69, 9.17) is 0 Å². The van der Waals surface area contributed by atoms with Gasteiger partial charge in [-0.15, -0.1) is 0 Å². The maximum Gasteiger partial charge on any atom is 0.138 e. The average molecular weight is 278 g/mol. The largest absolute Gasteiger partial charge is 0.312 e. The van der Waals surface area contributed by atoms with Crippen LogP contribution in [-0.4, -0.2) is 26.8 Å². The Morgan fingerprint density at radius 3 is 2.70 bits per heavy atom. The monoisotopic (exact) mass is 278 g/mol. The first-order chi connectivity index (χ1) is 9.28. The first-order valence-corrected chi connectivity index (χ1v) is 7.55. The van der Waals surface area contributed by atoms with E-state index in [0.717, 1.165) is 31.8 Å². The van der Waals surface area contributed by atoms with Crippen molar-refractivity contribution in [1.29, 1.82) is 0 Å². The third kappa shape index (κ3) is 6.85. The fourth-order valence-electron chi connectivity index (χ4n) is 2.01. The van der Waals surface area contributed by atoms with Crippen LogP contribution in [0, 0.1) is 5.92 Å². The Labute approximate surface area is 123 Å². The quantitative estimate of drug-likeness (QED) is 0.615. The molecule has 1 rings (SSSR count). The first-order valence-electron chi connectivity index (χ1n) is 7.55. The lowest BCUT2D eigenvalue weighted by molar-refractivity contribution is 0.431. The van der Waals surface area contributed by atoms with Crippen molar-refractivity contribution in [2.75, 3.05) is 6.54 Å². The predicted octanol–water partition coefficient (Wildman–Crippen LogP) is 3.20. The van der Waals surface area contributed by atoms with Crippen LogP contribution in [0.15, 0.2) is 18.0 Å². The molecule has 0 saturated heterocycles. The average Bonchev–Trinajstić information content (AvgIpc) is 2.70. The molecule has 0 atom stereocenters. The second-order valence-electron chi connectivity index (χ2n) is 6.94. The Balaban J connectivity index is 2.45. The molecular formula is C16H30N4. The van der Waals surface area contributed by atoms with E-state index < -0.39 is 0 Å². The first kappa shape index (κ1) is 16.9. The fraction of sp³-hybridized carbons (Fsp3) is 0.750. The molecule has 0 amide bonds. The van der Waals surface area contributed by atoms with Gasteiger partial charge in [0, 0.05) is 18.5 Å². The van der Waals surface area contributed by atoms with Crippen molar-refractivity contribution in [3.05, 3.63) is 23.8 Å². The van der Waals surface area contributed by atoms with E-state index in [2.05, 4.69) is 63.0 Å². The van der Waals surface area contributed by atoms with Crippen LogP contribution in [0.1, 0.15) is 53.8 Å². The standard InChI is InChI=1S/C16H30N4/c1-13(2)11-20-15(17-12-19-20)10-14(3)8-7-9-18-16(4,5)6/h8,12-13,18H,7,9-11H2,1-6H3. The smallest absolute Gasteiger partial charge is 0.138 e. The van der Waals surface area contributed by atoms with Crippen LogP contribution >= 0.6 is 0 Å². The topological polar surface area (TPSA) is 42.7 Å². The molecule has 1 N–H and O–H groups in total. The summed E-state index contributed by atoms with van der Waals surface area (Å²) in [5.41, 5.74) is 1.55. The Kier molecular flexibility index (Phi) is 6.40. The fourth-order valence-corrected chi connectivity index (χ4v) is 2.01. The second-order valence-corrected chi connectivity index (χ2v) is 6.94. The highest BCUT2D eigenvalue weighted by molar-refractivity contribution is 5.07. The molecule has 4 heteroatoms. The molecule has 4 nitrogen and oxygen atoms in total. The molecule has 0 aliphatic heterocycles. The van der Waals surface area contributed by atoms with E-state index in [1.165, 1.54) is 5.57 Å². The maximum atomic E-state index is 4.37. The molecule has 0 aliphatic rings. The van der Waals surface area contributed by atoms with Gasteiger partial charge in [0.05, 0.1) is 0 Å². The highest BCUT2D eigenvalue weighted by Crippen LogP contribution is 2.08. The highest BCUT2D eigenvalue weighted by atomic mass is 15.3. The van der Waals surface area contributed by atoms with Crippen molar-refractivity contribution in [2.45, 2.75) is 66.5 Å². The van der Waals surface area contributed by atoms with Gasteiger partial charge in [-0.3, -0.25) is 0 Å². The number of hydrogen-bond acceptors (Lipinski definition) is 3. The van der Waals surface area contributed by atoms with Gasteiger partial charge in [-0.05, 0) is 46.6 Å². The van der Waals surface area contributed by atoms with Crippen LogP contribution in [0.2, 0.25) is 0 Å². The summed E-state index contributed by atoms with van der Waals surface area (Å²) in [6, 6.07) is 0. The number of rotatable bonds is 7. The Morgan fingerprint density at radius 1 is 1.40 bits per heavy atom. The van der Waals surface area contributed by atoms with Crippen LogP contribution in [0.25, 0.3) is 0 Å².